The zero-order valence-corrected chi connectivity index (χ0v) is 7.90. The number of alkyl halides is 2. The molecular formula is C7H7BrF2N2. The van der Waals surface area contributed by atoms with Crippen molar-refractivity contribution in [3.63, 3.8) is 0 Å². The molecular weight excluding hydrogens is 230 g/mol. The largest absolute Gasteiger partial charge is 0.396 e. The van der Waals surface area contributed by atoms with E-state index in [9.17, 15) is 8.78 Å². The molecule has 0 radical (unpaired) electrons. The van der Waals surface area contributed by atoms with Crippen LogP contribution in [-0.4, -0.2) is 4.98 Å². The summed E-state index contributed by atoms with van der Waals surface area (Å²) in [5.74, 6) is 0. The maximum Gasteiger partial charge on any atom is 0.282 e. The Bertz CT molecular complexity index is 302. The molecule has 2 N–H and O–H groups in total. The Balaban J connectivity index is 3.27. The predicted molar refractivity (Wildman–Crippen MR) is 46.0 cm³/mol. The van der Waals surface area contributed by atoms with Crippen LogP contribution in [-0.2, 0) is 0 Å². The van der Waals surface area contributed by atoms with Gasteiger partial charge in [-0.1, -0.05) is 0 Å². The van der Waals surface area contributed by atoms with E-state index in [1.165, 1.54) is 6.20 Å². The normalized spacial score (nSPS) is 10.8. The Morgan fingerprint density at radius 3 is 2.67 bits per heavy atom. The Labute approximate surface area is 76.9 Å². The van der Waals surface area contributed by atoms with Gasteiger partial charge in [-0.25, -0.2) is 8.78 Å². The molecule has 5 heteroatoms. The molecule has 0 aliphatic rings. The summed E-state index contributed by atoms with van der Waals surface area (Å²) in [6.45, 7) is 1.74. The maximum atomic E-state index is 12.2. The van der Waals surface area contributed by atoms with Crippen molar-refractivity contribution in [2.45, 2.75) is 13.3 Å². The fourth-order valence-corrected chi connectivity index (χ4v) is 1.10. The van der Waals surface area contributed by atoms with Gasteiger partial charge in [0.25, 0.3) is 6.43 Å². The fourth-order valence-electron chi connectivity index (χ4n) is 0.791. The first-order valence-electron chi connectivity index (χ1n) is 3.22. The number of pyridine rings is 1. The van der Waals surface area contributed by atoms with Crippen molar-refractivity contribution in [2.75, 3.05) is 5.73 Å². The van der Waals surface area contributed by atoms with Gasteiger partial charge in [0, 0.05) is 10.7 Å². The number of nitrogens with zero attached hydrogens (tertiary/aromatic N) is 1. The quantitative estimate of drug-likeness (QED) is 0.815. The van der Waals surface area contributed by atoms with E-state index in [1.807, 2.05) is 0 Å². The maximum absolute atomic E-state index is 12.2. The second-order valence-electron chi connectivity index (χ2n) is 2.35. The standard InChI is InChI=1S/C7H7BrF2N2/c1-3-2-12-6(7(9)10)5(11)4(3)8/h2,7H,11H2,1H3. The molecule has 1 heterocycles. The van der Waals surface area contributed by atoms with Crippen molar-refractivity contribution in [1.82, 2.24) is 4.98 Å². The number of nitrogens with two attached hydrogens (primary N) is 1. The molecule has 0 saturated heterocycles. The number of aromatic nitrogens is 1. The summed E-state index contributed by atoms with van der Waals surface area (Å²) >= 11 is 3.10. The number of hydrogen-bond acceptors (Lipinski definition) is 2. The summed E-state index contributed by atoms with van der Waals surface area (Å²) in [5.41, 5.74) is 5.79. The van der Waals surface area contributed by atoms with Crippen LogP contribution in [0.15, 0.2) is 10.7 Å². The molecule has 66 valence electrons. The molecule has 0 aromatic carbocycles. The van der Waals surface area contributed by atoms with Crippen molar-refractivity contribution in [3.05, 3.63) is 21.9 Å². The third-order valence-corrected chi connectivity index (χ3v) is 2.52. The highest BCUT2D eigenvalue weighted by Crippen LogP contribution is 2.30. The molecule has 0 atom stereocenters. The summed E-state index contributed by atoms with van der Waals surface area (Å²) in [6, 6.07) is 0. The minimum absolute atomic E-state index is 0.0185. The third kappa shape index (κ3) is 1.55. The van der Waals surface area contributed by atoms with E-state index >= 15 is 0 Å². The molecule has 0 spiro atoms. The van der Waals surface area contributed by atoms with Crippen LogP contribution in [0.2, 0.25) is 0 Å². The lowest BCUT2D eigenvalue weighted by molar-refractivity contribution is 0.147. The van der Waals surface area contributed by atoms with Crippen LogP contribution >= 0.6 is 15.9 Å². The zero-order valence-electron chi connectivity index (χ0n) is 6.31. The molecule has 1 aromatic rings. The highest BCUT2D eigenvalue weighted by Gasteiger charge is 2.15. The molecule has 0 fully saturated rings. The second-order valence-corrected chi connectivity index (χ2v) is 3.15. The van der Waals surface area contributed by atoms with Crippen molar-refractivity contribution < 1.29 is 8.78 Å². The number of nitrogen functional groups attached to an aromatic ring is 1. The molecule has 1 aromatic heterocycles. The number of hydrogen-bond donors (Lipinski definition) is 1. The average molecular weight is 237 g/mol. The average Bonchev–Trinajstić information content (AvgIpc) is 2.00. The van der Waals surface area contributed by atoms with E-state index in [0.717, 1.165) is 5.56 Å². The second kappa shape index (κ2) is 3.35. The predicted octanol–water partition coefficient (Wildman–Crippen LogP) is 2.67. The zero-order chi connectivity index (χ0) is 9.30. The van der Waals surface area contributed by atoms with Crippen LogP contribution in [0.5, 0.6) is 0 Å². The summed E-state index contributed by atoms with van der Waals surface area (Å²) in [5, 5.41) is 0. The van der Waals surface area contributed by atoms with Gasteiger partial charge in [0.2, 0.25) is 0 Å². The lowest BCUT2D eigenvalue weighted by atomic mass is 10.2. The molecule has 0 saturated carbocycles. The van der Waals surface area contributed by atoms with Crippen LogP contribution in [0.4, 0.5) is 14.5 Å². The lowest BCUT2D eigenvalue weighted by Crippen LogP contribution is -2.00. The van der Waals surface area contributed by atoms with E-state index in [4.69, 9.17) is 5.73 Å². The van der Waals surface area contributed by atoms with E-state index in [1.54, 1.807) is 6.92 Å². The van der Waals surface area contributed by atoms with E-state index in [0.29, 0.717) is 4.47 Å². The van der Waals surface area contributed by atoms with Gasteiger partial charge in [0.15, 0.2) is 0 Å². The minimum atomic E-state index is -2.62. The van der Waals surface area contributed by atoms with Crippen LogP contribution < -0.4 is 5.73 Å². The van der Waals surface area contributed by atoms with E-state index < -0.39 is 6.43 Å². The first kappa shape index (κ1) is 9.38. The fraction of sp³-hybridized carbons (Fsp3) is 0.286. The molecule has 0 bridgehead atoms. The number of aryl methyl sites for hydroxylation is 1. The first-order chi connectivity index (χ1) is 5.54. The highest BCUT2D eigenvalue weighted by atomic mass is 79.9. The van der Waals surface area contributed by atoms with Gasteiger partial charge in [-0.3, -0.25) is 4.98 Å². The van der Waals surface area contributed by atoms with Gasteiger partial charge < -0.3 is 5.73 Å². The van der Waals surface area contributed by atoms with Crippen LogP contribution in [0, 0.1) is 6.92 Å². The minimum Gasteiger partial charge on any atom is -0.396 e. The van der Waals surface area contributed by atoms with Crippen molar-refractivity contribution in [1.29, 1.82) is 0 Å². The smallest absolute Gasteiger partial charge is 0.282 e. The van der Waals surface area contributed by atoms with Gasteiger partial charge in [-0.05, 0) is 28.4 Å². The Kier molecular flexibility index (Phi) is 2.62. The van der Waals surface area contributed by atoms with E-state index in [2.05, 4.69) is 20.9 Å². The Morgan fingerprint density at radius 1 is 1.58 bits per heavy atom. The Morgan fingerprint density at radius 2 is 2.17 bits per heavy atom. The number of halogens is 3. The number of rotatable bonds is 1. The molecule has 0 amide bonds. The molecule has 12 heavy (non-hydrogen) atoms. The summed E-state index contributed by atoms with van der Waals surface area (Å²) < 4.78 is 24.8. The van der Waals surface area contributed by atoms with Crippen LogP contribution in [0.1, 0.15) is 17.7 Å². The third-order valence-electron chi connectivity index (χ3n) is 1.46. The number of anilines is 1. The lowest BCUT2D eigenvalue weighted by Gasteiger charge is -2.06. The first-order valence-corrected chi connectivity index (χ1v) is 4.02. The molecule has 0 aliphatic carbocycles. The van der Waals surface area contributed by atoms with Gasteiger partial charge in [0.05, 0.1) is 5.69 Å². The summed E-state index contributed by atoms with van der Waals surface area (Å²) in [7, 11) is 0. The van der Waals surface area contributed by atoms with Gasteiger partial charge in [0.1, 0.15) is 5.69 Å². The molecule has 2 nitrogen and oxygen atoms in total. The molecule has 1 rings (SSSR count). The van der Waals surface area contributed by atoms with Crippen LogP contribution in [0.3, 0.4) is 0 Å². The van der Waals surface area contributed by atoms with Crippen molar-refractivity contribution in [2.24, 2.45) is 0 Å². The highest BCUT2D eigenvalue weighted by molar-refractivity contribution is 9.10. The van der Waals surface area contributed by atoms with Gasteiger partial charge >= 0.3 is 0 Å². The summed E-state index contributed by atoms with van der Waals surface area (Å²) in [6.07, 6.45) is -1.26. The monoisotopic (exact) mass is 236 g/mol. The van der Waals surface area contributed by atoms with Crippen molar-refractivity contribution >= 4 is 21.6 Å². The van der Waals surface area contributed by atoms with Gasteiger partial charge in [-0.2, -0.15) is 0 Å². The molecule has 0 unspecified atom stereocenters. The SMILES string of the molecule is Cc1cnc(C(F)F)c(N)c1Br. The molecule has 0 aliphatic heterocycles. The Hall–Kier alpha value is -0.710. The van der Waals surface area contributed by atoms with Crippen molar-refractivity contribution in [3.8, 4) is 0 Å². The summed E-state index contributed by atoms with van der Waals surface area (Å²) in [4.78, 5) is 3.53. The van der Waals surface area contributed by atoms with Gasteiger partial charge in [-0.15, -0.1) is 0 Å². The van der Waals surface area contributed by atoms with E-state index in [-0.39, 0.29) is 11.4 Å². The topological polar surface area (TPSA) is 38.9 Å². The van der Waals surface area contributed by atoms with Crippen LogP contribution in [0.25, 0.3) is 0 Å².